The largest absolute Gasteiger partial charge is 0.345 e. The fraction of sp³-hybridized carbons (Fsp3) is 0.133. The van der Waals surface area contributed by atoms with Gasteiger partial charge in [0.2, 0.25) is 0 Å². The van der Waals surface area contributed by atoms with E-state index in [1.807, 2.05) is 60.7 Å². The highest BCUT2D eigenvalue weighted by molar-refractivity contribution is 6.03. The van der Waals surface area contributed by atoms with Crippen molar-refractivity contribution in [2.45, 2.75) is 24.9 Å². The molecule has 2 unspecified atom stereocenters. The Bertz CT molecular complexity index is 1580. The summed E-state index contributed by atoms with van der Waals surface area (Å²) in [6.07, 6.45) is 1.22. The van der Waals surface area contributed by atoms with E-state index in [9.17, 15) is 9.59 Å². The SMILES string of the molecule is O=C1NC(Cc2ccc3ccc4ccc(CC5NC(=O)c6ccccc65)nc4c3n2)c2ccccc21. The van der Waals surface area contributed by atoms with Crippen LogP contribution in [0.5, 0.6) is 0 Å². The maximum absolute atomic E-state index is 12.4. The Morgan fingerprint density at radius 1 is 0.556 bits per heavy atom. The van der Waals surface area contributed by atoms with E-state index in [2.05, 4.69) is 34.9 Å². The van der Waals surface area contributed by atoms with E-state index in [1.54, 1.807) is 0 Å². The molecule has 2 atom stereocenters. The second kappa shape index (κ2) is 7.99. The van der Waals surface area contributed by atoms with Crippen LogP contribution in [0.3, 0.4) is 0 Å². The molecule has 6 heteroatoms. The van der Waals surface area contributed by atoms with Gasteiger partial charge in [0, 0.05) is 46.1 Å². The predicted octanol–water partition coefficient (Wildman–Crippen LogP) is 4.84. The van der Waals surface area contributed by atoms with Gasteiger partial charge in [0.05, 0.1) is 23.1 Å². The number of hydrogen-bond acceptors (Lipinski definition) is 4. The zero-order valence-electron chi connectivity index (χ0n) is 19.4. The molecule has 0 saturated heterocycles. The zero-order valence-corrected chi connectivity index (χ0v) is 19.4. The van der Waals surface area contributed by atoms with Crippen molar-refractivity contribution in [2.24, 2.45) is 0 Å². The smallest absolute Gasteiger partial charge is 0.252 e. The van der Waals surface area contributed by atoms with Gasteiger partial charge in [-0.1, -0.05) is 60.7 Å². The highest BCUT2D eigenvalue weighted by atomic mass is 16.2. The lowest BCUT2D eigenvalue weighted by Crippen LogP contribution is -2.21. The number of aromatic nitrogens is 2. The third kappa shape index (κ3) is 3.33. The summed E-state index contributed by atoms with van der Waals surface area (Å²) >= 11 is 0. The fourth-order valence-electron chi connectivity index (χ4n) is 5.46. The molecule has 0 saturated carbocycles. The number of nitrogens with one attached hydrogen (secondary N) is 2. The molecule has 2 amide bonds. The van der Waals surface area contributed by atoms with Gasteiger partial charge in [-0.25, -0.2) is 0 Å². The molecular formula is C30H22N4O2. The minimum atomic E-state index is -0.0943. The van der Waals surface area contributed by atoms with Crippen LogP contribution < -0.4 is 10.6 Å². The van der Waals surface area contributed by atoms with Crippen molar-refractivity contribution in [1.82, 2.24) is 20.6 Å². The molecule has 2 aliphatic rings. The van der Waals surface area contributed by atoms with Crippen molar-refractivity contribution >= 4 is 33.6 Å². The summed E-state index contributed by atoms with van der Waals surface area (Å²) in [5, 5.41) is 8.21. The summed E-state index contributed by atoms with van der Waals surface area (Å²) in [6.45, 7) is 0. The Kier molecular flexibility index (Phi) is 4.61. The maximum Gasteiger partial charge on any atom is 0.252 e. The van der Waals surface area contributed by atoms with Crippen LogP contribution in [0.2, 0.25) is 0 Å². The van der Waals surface area contributed by atoms with Gasteiger partial charge >= 0.3 is 0 Å². The predicted molar refractivity (Wildman–Crippen MR) is 138 cm³/mol. The number of nitrogens with zero attached hydrogens (tertiary/aromatic N) is 2. The van der Waals surface area contributed by atoms with Crippen molar-refractivity contribution in [3.8, 4) is 0 Å². The molecule has 3 aromatic carbocycles. The standard InChI is InChI=1S/C30H22N4O2/c35-29-23-7-3-1-5-21(23)25(33-29)15-19-13-11-17-9-10-18-12-14-20(32-28(18)27(17)31-19)16-26-22-6-2-4-8-24(22)30(36)34-26/h1-14,25-26H,15-16H2,(H,33,35)(H,34,36). The topological polar surface area (TPSA) is 84.0 Å². The number of fused-ring (bicyclic) bond motifs is 5. The van der Waals surface area contributed by atoms with Crippen molar-refractivity contribution in [2.75, 3.05) is 0 Å². The summed E-state index contributed by atoms with van der Waals surface area (Å²) in [6, 6.07) is 27.6. The van der Waals surface area contributed by atoms with E-state index in [0.717, 1.165) is 55.4 Å². The molecule has 0 aliphatic carbocycles. The molecular weight excluding hydrogens is 448 g/mol. The Morgan fingerprint density at radius 2 is 0.972 bits per heavy atom. The van der Waals surface area contributed by atoms with E-state index in [-0.39, 0.29) is 23.9 Å². The Labute approximate surface area is 207 Å². The van der Waals surface area contributed by atoms with E-state index in [0.29, 0.717) is 12.8 Å². The van der Waals surface area contributed by atoms with Crippen LogP contribution in [-0.4, -0.2) is 21.8 Å². The molecule has 2 N–H and O–H groups in total. The average molecular weight is 471 g/mol. The van der Waals surface area contributed by atoms with Gasteiger partial charge in [-0.15, -0.1) is 0 Å². The van der Waals surface area contributed by atoms with Crippen LogP contribution in [0.15, 0.2) is 84.9 Å². The number of amides is 2. The molecule has 2 aliphatic heterocycles. The molecule has 2 aromatic heterocycles. The Balaban J connectivity index is 1.24. The highest BCUT2D eigenvalue weighted by Crippen LogP contribution is 2.31. The molecule has 0 bridgehead atoms. The first-order valence-electron chi connectivity index (χ1n) is 12.1. The fourth-order valence-corrected chi connectivity index (χ4v) is 5.46. The molecule has 7 rings (SSSR count). The van der Waals surface area contributed by atoms with Crippen LogP contribution in [0.1, 0.15) is 55.3 Å². The lowest BCUT2D eigenvalue weighted by Gasteiger charge is -2.14. The molecule has 36 heavy (non-hydrogen) atoms. The second-order valence-electron chi connectivity index (χ2n) is 9.45. The molecule has 0 fully saturated rings. The minimum Gasteiger partial charge on any atom is -0.345 e. The van der Waals surface area contributed by atoms with E-state index < -0.39 is 0 Å². The Hall–Kier alpha value is -4.58. The quantitative estimate of drug-likeness (QED) is 0.368. The zero-order chi connectivity index (χ0) is 24.2. The first-order valence-corrected chi connectivity index (χ1v) is 12.1. The average Bonchev–Trinajstić information content (AvgIpc) is 3.40. The number of rotatable bonds is 4. The lowest BCUT2D eigenvalue weighted by molar-refractivity contribution is 0.0947. The molecule has 4 heterocycles. The van der Waals surface area contributed by atoms with Gasteiger partial charge in [-0.05, 0) is 35.4 Å². The van der Waals surface area contributed by atoms with Gasteiger partial charge in [0.25, 0.3) is 11.8 Å². The Morgan fingerprint density at radius 3 is 1.44 bits per heavy atom. The molecule has 174 valence electrons. The third-order valence-electron chi connectivity index (χ3n) is 7.23. The lowest BCUT2D eigenvalue weighted by atomic mass is 10.00. The van der Waals surface area contributed by atoms with Crippen LogP contribution in [0.25, 0.3) is 21.8 Å². The first-order chi connectivity index (χ1) is 17.6. The number of hydrogen-bond donors (Lipinski definition) is 2. The number of pyridine rings is 2. The van der Waals surface area contributed by atoms with Crippen molar-refractivity contribution in [3.05, 3.63) is 119 Å². The van der Waals surface area contributed by atoms with Crippen molar-refractivity contribution in [1.29, 1.82) is 0 Å². The van der Waals surface area contributed by atoms with Crippen LogP contribution in [0, 0.1) is 0 Å². The molecule has 0 spiro atoms. The summed E-state index contributed by atoms with van der Waals surface area (Å²) in [5.41, 5.74) is 7.01. The van der Waals surface area contributed by atoms with Crippen LogP contribution >= 0.6 is 0 Å². The van der Waals surface area contributed by atoms with Gasteiger partial charge in [0.15, 0.2) is 0 Å². The number of carbonyl (C=O) groups is 2. The third-order valence-corrected chi connectivity index (χ3v) is 7.23. The molecule has 5 aromatic rings. The number of benzene rings is 3. The van der Waals surface area contributed by atoms with E-state index >= 15 is 0 Å². The highest BCUT2D eigenvalue weighted by Gasteiger charge is 2.29. The first kappa shape index (κ1) is 20.8. The van der Waals surface area contributed by atoms with Crippen molar-refractivity contribution in [3.63, 3.8) is 0 Å². The molecule has 0 radical (unpaired) electrons. The second-order valence-corrected chi connectivity index (χ2v) is 9.45. The minimum absolute atomic E-state index is 0.0336. The monoisotopic (exact) mass is 470 g/mol. The van der Waals surface area contributed by atoms with Crippen LogP contribution in [0.4, 0.5) is 0 Å². The summed E-state index contributed by atoms with van der Waals surface area (Å²) < 4.78 is 0. The summed E-state index contributed by atoms with van der Waals surface area (Å²) in [5.74, 6) is -0.0672. The van der Waals surface area contributed by atoms with Gasteiger partial charge in [-0.3, -0.25) is 19.6 Å². The van der Waals surface area contributed by atoms with Crippen molar-refractivity contribution < 1.29 is 9.59 Å². The van der Waals surface area contributed by atoms with Crippen LogP contribution in [-0.2, 0) is 12.8 Å². The van der Waals surface area contributed by atoms with Gasteiger partial charge in [0.1, 0.15) is 0 Å². The number of carbonyl (C=O) groups excluding carboxylic acids is 2. The molecule has 6 nitrogen and oxygen atoms in total. The van der Waals surface area contributed by atoms with E-state index in [1.165, 1.54) is 0 Å². The summed E-state index contributed by atoms with van der Waals surface area (Å²) in [4.78, 5) is 34.7. The summed E-state index contributed by atoms with van der Waals surface area (Å²) in [7, 11) is 0. The maximum atomic E-state index is 12.4. The normalized spacial score (nSPS) is 18.2. The van der Waals surface area contributed by atoms with Gasteiger partial charge in [-0.2, -0.15) is 0 Å². The van der Waals surface area contributed by atoms with E-state index in [4.69, 9.17) is 9.97 Å². The van der Waals surface area contributed by atoms with Gasteiger partial charge < -0.3 is 10.6 Å².